The molecule has 2 bridgehead atoms. The van der Waals surface area contributed by atoms with Crippen molar-refractivity contribution in [2.24, 2.45) is 5.41 Å². The van der Waals surface area contributed by atoms with Crippen LogP contribution in [0, 0.1) is 5.41 Å². The SMILES string of the molecule is COc1cccc(C2CC(N(C)C(=O)C34CC(C(=O)O)(CO3)C4)C2)c1. The topological polar surface area (TPSA) is 76.1 Å². The number of carboxylic acid groups (broad SMARTS) is 1. The number of hydrogen-bond acceptors (Lipinski definition) is 4. The van der Waals surface area contributed by atoms with Gasteiger partial charge in [-0.05, 0) is 36.5 Å². The predicted octanol–water partition coefficient (Wildman–Crippen LogP) is 2.03. The van der Waals surface area contributed by atoms with E-state index in [0.29, 0.717) is 18.8 Å². The lowest BCUT2D eigenvalue weighted by atomic mass is 9.61. The number of carbonyl (C=O) groups is 2. The molecule has 1 N–H and O–H groups in total. The van der Waals surface area contributed by atoms with Gasteiger partial charge in [0.1, 0.15) is 11.4 Å². The standard InChI is InChI=1S/C19H23NO5/c1-20(16(21)19-9-18(10-19,11-25-19)17(22)23)14-6-13(7-14)12-4-3-5-15(8-12)24-2/h3-5,8,13-14H,6-7,9-11H2,1-2H3,(H,22,23). The van der Waals surface area contributed by atoms with Gasteiger partial charge in [-0.2, -0.15) is 0 Å². The van der Waals surface area contributed by atoms with Gasteiger partial charge in [0.15, 0.2) is 0 Å². The van der Waals surface area contributed by atoms with Crippen molar-refractivity contribution in [1.29, 1.82) is 0 Å². The Labute approximate surface area is 146 Å². The summed E-state index contributed by atoms with van der Waals surface area (Å²) in [5.74, 6) is 0.369. The van der Waals surface area contributed by atoms with Crippen LogP contribution in [0.25, 0.3) is 0 Å². The van der Waals surface area contributed by atoms with E-state index < -0.39 is 17.0 Å². The molecule has 2 heterocycles. The summed E-state index contributed by atoms with van der Waals surface area (Å²) < 4.78 is 10.9. The van der Waals surface area contributed by atoms with Gasteiger partial charge in [-0.15, -0.1) is 0 Å². The fraction of sp³-hybridized carbons (Fsp3) is 0.579. The molecule has 2 saturated carbocycles. The Morgan fingerprint density at radius 2 is 2.04 bits per heavy atom. The van der Waals surface area contributed by atoms with Crippen molar-refractivity contribution in [2.75, 3.05) is 20.8 Å². The van der Waals surface area contributed by atoms with Gasteiger partial charge in [0, 0.05) is 25.9 Å². The highest BCUT2D eigenvalue weighted by atomic mass is 16.5. The minimum Gasteiger partial charge on any atom is -0.497 e. The first kappa shape index (κ1) is 16.4. The molecule has 1 aromatic carbocycles. The van der Waals surface area contributed by atoms with Crippen LogP contribution in [0.3, 0.4) is 0 Å². The molecule has 0 atom stereocenters. The van der Waals surface area contributed by atoms with E-state index in [1.807, 2.05) is 19.2 Å². The lowest BCUT2D eigenvalue weighted by Gasteiger charge is -2.47. The van der Waals surface area contributed by atoms with E-state index in [1.165, 1.54) is 5.56 Å². The second-order valence-corrected chi connectivity index (χ2v) is 7.74. The summed E-state index contributed by atoms with van der Waals surface area (Å²) in [4.78, 5) is 25.9. The van der Waals surface area contributed by atoms with Crippen molar-refractivity contribution >= 4 is 11.9 Å². The number of hydrogen-bond donors (Lipinski definition) is 1. The van der Waals surface area contributed by atoms with Crippen LogP contribution in [-0.2, 0) is 14.3 Å². The number of fused-ring (bicyclic) bond motifs is 1. The van der Waals surface area contributed by atoms with Crippen molar-refractivity contribution in [3.05, 3.63) is 29.8 Å². The van der Waals surface area contributed by atoms with Crippen LogP contribution in [-0.4, -0.2) is 54.3 Å². The molecular formula is C19H23NO5. The summed E-state index contributed by atoms with van der Waals surface area (Å²) in [7, 11) is 3.47. The quantitative estimate of drug-likeness (QED) is 0.884. The van der Waals surface area contributed by atoms with Crippen LogP contribution in [0.1, 0.15) is 37.2 Å². The van der Waals surface area contributed by atoms with Crippen LogP contribution < -0.4 is 4.74 Å². The van der Waals surface area contributed by atoms with Crippen molar-refractivity contribution in [1.82, 2.24) is 4.90 Å². The highest BCUT2D eigenvalue weighted by Crippen LogP contribution is 2.59. The molecule has 1 aromatic rings. The van der Waals surface area contributed by atoms with E-state index >= 15 is 0 Å². The molecule has 4 aliphatic rings. The van der Waals surface area contributed by atoms with Gasteiger partial charge in [0.2, 0.25) is 0 Å². The zero-order valence-corrected chi connectivity index (χ0v) is 14.5. The molecule has 0 radical (unpaired) electrons. The number of aliphatic carboxylic acids is 1. The van der Waals surface area contributed by atoms with Crippen LogP contribution in [0.5, 0.6) is 5.75 Å². The molecule has 1 amide bonds. The van der Waals surface area contributed by atoms with Gasteiger partial charge in [0.05, 0.1) is 19.1 Å². The molecule has 2 aliphatic heterocycles. The number of amides is 1. The van der Waals surface area contributed by atoms with Gasteiger partial charge in [-0.1, -0.05) is 12.1 Å². The van der Waals surface area contributed by atoms with Gasteiger partial charge in [-0.3, -0.25) is 9.59 Å². The minimum atomic E-state index is -0.895. The van der Waals surface area contributed by atoms with E-state index in [1.54, 1.807) is 12.0 Å². The smallest absolute Gasteiger partial charge is 0.312 e. The summed E-state index contributed by atoms with van der Waals surface area (Å²) in [6, 6.07) is 8.24. The second-order valence-electron chi connectivity index (χ2n) is 7.74. The van der Waals surface area contributed by atoms with Crippen molar-refractivity contribution in [3.8, 4) is 5.75 Å². The number of rotatable bonds is 5. The highest BCUT2D eigenvalue weighted by molar-refractivity contribution is 5.92. The molecule has 6 heteroatoms. The van der Waals surface area contributed by atoms with Crippen LogP contribution in [0.15, 0.2) is 24.3 Å². The van der Waals surface area contributed by atoms with Crippen LogP contribution in [0.4, 0.5) is 0 Å². The minimum absolute atomic E-state index is 0.0593. The lowest BCUT2D eigenvalue weighted by Crippen LogP contribution is -2.60. The number of likely N-dealkylation sites (N-methyl/N-ethyl adjacent to an activating group) is 1. The molecule has 25 heavy (non-hydrogen) atoms. The van der Waals surface area contributed by atoms with Gasteiger partial charge < -0.3 is 19.5 Å². The van der Waals surface area contributed by atoms with Crippen LogP contribution in [0.2, 0.25) is 0 Å². The molecule has 2 saturated heterocycles. The van der Waals surface area contributed by atoms with E-state index in [2.05, 4.69) is 12.1 Å². The fourth-order valence-electron chi connectivity index (χ4n) is 4.51. The van der Waals surface area contributed by atoms with Crippen molar-refractivity contribution in [3.63, 3.8) is 0 Å². The third-order valence-corrected chi connectivity index (χ3v) is 6.26. The first-order chi connectivity index (χ1) is 11.9. The Balaban J connectivity index is 1.37. The summed E-state index contributed by atoms with van der Waals surface area (Å²) >= 11 is 0. The lowest BCUT2D eigenvalue weighted by molar-refractivity contribution is -0.166. The second kappa shape index (κ2) is 5.46. The number of nitrogens with zero attached hydrogens (tertiary/aromatic N) is 1. The summed E-state index contributed by atoms with van der Waals surface area (Å²) in [6.07, 6.45) is 2.44. The van der Waals surface area contributed by atoms with Crippen molar-refractivity contribution in [2.45, 2.75) is 43.2 Å². The van der Waals surface area contributed by atoms with Gasteiger partial charge in [-0.25, -0.2) is 0 Å². The molecule has 0 spiro atoms. The van der Waals surface area contributed by atoms with Crippen LogP contribution >= 0.6 is 0 Å². The number of carboxylic acids is 1. The number of benzene rings is 1. The van der Waals surface area contributed by atoms with E-state index in [0.717, 1.165) is 18.6 Å². The molecule has 6 nitrogen and oxygen atoms in total. The number of methoxy groups -OCH3 is 1. The molecule has 134 valence electrons. The first-order valence-corrected chi connectivity index (χ1v) is 8.68. The van der Waals surface area contributed by atoms with Gasteiger partial charge >= 0.3 is 5.97 Å². The Morgan fingerprint density at radius 1 is 1.32 bits per heavy atom. The zero-order chi connectivity index (χ0) is 17.8. The number of ether oxygens (including phenoxy) is 2. The van der Waals surface area contributed by atoms with E-state index in [-0.39, 0.29) is 18.6 Å². The Kier molecular flexibility index (Phi) is 3.58. The molecule has 0 unspecified atom stereocenters. The molecular weight excluding hydrogens is 322 g/mol. The third kappa shape index (κ3) is 2.34. The number of carbonyl (C=O) groups excluding carboxylic acids is 1. The average molecular weight is 345 g/mol. The Hall–Kier alpha value is -2.08. The maximum atomic E-state index is 12.8. The highest BCUT2D eigenvalue weighted by Gasteiger charge is 2.70. The summed E-state index contributed by atoms with van der Waals surface area (Å²) in [6.45, 7) is 0.152. The maximum Gasteiger partial charge on any atom is 0.312 e. The average Bonchev–Trinajstić information content (AvgIpc) is 3.10. The first-order valence-electron chi connectivity index (χ1n) is 8.68. The normalized spacial score (nSPS) is 35.4. The zero-order valence-electron chi connectivity index (χ0n) is 14.5. The van der Waals surface area contributed by atoms with Gasteiger partial charge in [0.25, 0.3) is 5.91 Å². The molecule has 5 rings (SSSR count). The predicted molar refractivity (Wildman–Crippen MR) is 89.5 cm³/mol. The van der Waals surface area contributed by atoms with E-state index in [9.17, 15) is 14.7 Å². The Bertz CT molecular complexity index is 718. The van der Waals surface area contributed by atoms with E-state index in [4.69, 9.17) is 9.47 Å². The molecule has 4 fully saturated rings. The monoisotopic (exact) mass is 345 g/mol. The maximum absolute atomic E-state index is 12.8. The summed E-state index contributed by atoms with van der Waals surface area (Å²) in [5.41, 5.74) is -0.492. The van der Waals surface area contributed by atoms with Crippen molar-refractivity contribution < 1.29 is 24.2 Å². The fourth-order valence-corrected chi connectivity index (χ4v) is 4.51. The third-order valence-electron chi connectivity index (χ3n) is 6.26. The Morgan fingerprint density at radius 3 is 2.64 bits per heavy atom. The molecule has 0 aromatic heterocycles. The summed E-state index contributed by atoms with van der Waals surface area (Å²) in [5, 5.41) is 9.30. The molecule has 2 aliphatic carbocycles. The largest absolute Gasteiger partial charge is 0.497 e.